The lowest BCUT2D eigenvalue weighted by molar-refractivity contribution is -0.139. The maximum Gasteiger partial charge on any atom is 0.303 e. The molecule has 102 valence electrons. The van der Waals surface area contributed by atoms with Gasteiger partial charge in [-0.15, -0.1) is 0 Å². The molecule has 2 fully saturated rings. The Kier molecular flexibility index (Phi) is 4.22. The lowest BCUT2D eigenvalue weighted by Gasteiger charge is -2.38. The van der Waals surface area contributed by atoms with Crippen molar-refractivity contribution in [1.29, 1.82) is 0 Å². The van der Waals surface area contributed by atoms with E-state index in [2.05, 4.69) is 10.2 Å². The summed E-state index contributed by atoms with van der Waals surface area (Å²) in [6.45, 7) is 3.07. The van der Waals surface area contributed by atoms with E-state index in [1.807, 2.05) is 6.92 Å². The highest BCUT2D eigenvalue weighted by molar-refractivity contribution is 5.78. The number of nitrogens with one attached hydrogen (secondary N) is 1. The van der Waals surface area contributed by atoms with Gasteiger partial charge in [0.25, 0.3) is 0 Å². The third-order valence-electron chi connectivity index (χ3n) is 4.15. The van der Waals surface area contributed by atoms with Crippen molar-refractivity contribution in [2.24, 2.45) is 5.92 Å². The van der Waals surface area contributed by atoms with Gasteiger partial charge in [-0.25, -0.2) is 0 Å². The van der Waals surface area contributed by atoms with Gasteiger partial charge in [-0.2, -0.15) is 0 Å². The molecule has 5 heteroatoms. The summed E-state index contributed by atoms with van der Waals surface area (Å²) in [6, 6.07) is 0.825. The summed E-state index contributed by atoms with van der Waals surface area (Å²) in [5.41, 5.74) is 0. The van der Waals surface area contributed by atoms with Crippen LogP contribution in [-0.4, -0.2) is 47.1 Å². The Hall–Kier alpha value is -1.10. The number of amides is 1. The third kappa shape index (κ3) is 3.02. The van der Waals surface area contributed by atoms with Crippen LogP contribution in [0.4, 0.5) is 0 Å². The number of nitrogens with zero attached hydrogens (tertiary/aromatic N) is 1. The number of likely N-dealkylation sites (N-methyl/N-ethyl adjacent to an activating group) is 1. The highest BCUT2D eigenvalue weighted by Gasteiger charge is 2.41. The van der Waals surface area contributed by atoms with Crippen molar-refractivity contribution in [3.05, 3.63) is 0 Å². The summed E-state index contributed by atoms with van der Waals surface area (Å²) >= 11 is 0. The minimum Gasteiger partial charge on any atom is -0.481 e. The maximum atomic E-state index is 11.6. The second-order valence-electron chi connectivity index (χ2n) is 5.45. The molecule has 0 aliphatic carbocycles. The Morgan fingerprint density at radius 3 is 2.39 bits per heavy atom. The lowest BCUT2D eigenvalue weighted by Crippen LogP contribution is -2.48. The van der Waals surface area contributed by atoms with E-state index in [-0.39, 0.29) is 12.3 Å². The van der Waals surface area contributed by atoms with E-state index in [9.17, 15) is 9.59 Å². The van der Waals surface area contributed by atoms with Gasteiger partial charge in [0, 0.05) is 25.0 Å². The number of aliphatic carboxylic acids is 1. The van der Waals surface area contributed by atoms with E-state index in [0.29, 0.717) is 31.1 Å². The first-order valence-electron chi connectivity index (χ1n) is 6.84. The molecule has 1 amide bonds. The highest BCUT2D eigenvalue weighted by atomic mass is 16.4. The van der Waals surface area contributed by atoms with Crippen molar-refractivity contribution in [3.8, 4) is 0 Å². The van der Waals surface area contributed by atoms with Crippen molar-refractivity contribution < 1.29 is 14.7 Å². The summed E-state index contributed by atoms with van der Waals surface area (Å²) in [6.07, 6.45) is 4.37. The Labute approximate surface area is 108 Å². The molecule has 5 nitrogen and oxygen atoms in total. The average molecular weight is 254 g/mol. The van der Waals surface area contributed by atoms with Crippen LogP contribution in [0, 0.1) is 5.92 Å². The van der Waals surface area contributed by atoms with Crippen molar-refractivity contribution >= 4 is 11.9 Å². The van der Waals surface area contributed by atoms with E-state index < -0.39 is 5.97 Å². The molecule has 2 atom stereocenters. The summed E-state index contributed by atoms with van der Waals surface area (Å²) in [5, 5.41) is 11.7. The molecule has 0 aromatic rings. The van der Waals surface area contributed by atoms with Crippen LogP contribution in [0.5, 0.6) is 0 Å². The van der Waals surface area contributed by atoms with Gasteiger partial charge in [0.05, 0.1) is 6.54 Å². The molecule has 0 aromatic carbocycles. The second kappa shape index (κ2) is 5.69. The predicted molar refractivity (Wildman–Crippen MR) is 67.2 cm³/mol. The monoisotopic (exact) mass is 254 g/mol. The van der Waals surface area contributed by atoms with Crippen molar-refractivity contribution in [3.63, 3.8) is 0 Å². The molecule has 2 unspecified atom stereocenters. The Balaban J connectivity index is 1.89. The van der Waals surface area contributed by atoms with Crippen LogP contribution in [-0.2, 0) is 9.59 Å². The normalized spacial score (nSPS) is 31.3. The third-order valence-corrected chi connectivity index (χ3v) is 4.15. The van der Waals surface area contributed by atoms with Gasteiger partial charge in [0.1, 0.15) is 0 Å². The molecular formula is C13H22N2O3. The molecule has 2 heterocycles. The fraction of sp³-hybridized carbons (Fsp3) is 0.846. The summed E-state index contributed by atoms with van der Waals surface area (Å²) in [5.74, 6) is -0.312. The largest absolute Gasteiger partial charge is 0.481 e. The fourth-order valence-electron chi connectivity index (χ4n) is 3.48. The molecule has 2 bridgehead atoms. The van der Waals surface area contributed by atoms with Gasteiger partial charge < -0.3 is 10.4 Å². The smallest absolute Gasteiger partial charge is 0.303 e. The summed E-state index contributed by atoms with van der Waals surface area (Å²) in [4.78, 5) is 24.7. The van der Waals surface area contributed by atoms with Crippen molar-refractivity contribution in [1.82, 2.24) is 10.2 Å². The molecule has 0 spiro atoms. The van der Waals surface area contributed by atoms with Gasteiger partial charge in [-0.3, -0.25) is 14.5 Å². The van der Waals surface area contributed by atoms with E-state index >= 15 is 0 Å². The maximum absolute atomic E-state index is 11.6. The molecule has 0 radical (unpaired) electrons. The van der Waals surface area contributed by atoms with Gasteiger partial charge in [-0.1, -0.05) is 0 Å². The summed E-state index contributed by atoms with van der Waals surface area (Å²) < 4.78 is 0. The SMILES string of the molecule is CCNC(=O)CN1C2CCC1CC(CC(=O)O)C2. The Morgan fingerprint density at radius 2 is 1.89 bits per heavy atom. The lowest BCUT2D eigenvalue weighted by atomic mass is 9.88. The number of fused-ring (bicyclic) bond motifs is 2. The zero-order valence-corrected chi connectivity index (χ0v) is 10.9. The van der Waals surface area contributed by atoms with Gasteiger partial charge in [0.2, 0.25) is 5.91 Å². The van der Waals surface area contributed by atoms with Crippen molar-refractivity contribution in [2.45, 2.75) is 51.1 Å². The van der Waals surface area contributed by atoms with Crippen LogP contribution < -0.4 is 5.32 Å². The molecule has 0 saturated carbocycles. The zero-order chi connectivity index (χ0) is 13.1. The minimum absolute atomic E-state index is 0.0890. The first-order chi connectivity index (χ1) is 8.60. The van der Waals surface area contributed by atoms with Crippen LogP contribution in [0.3, 0.4) is 0 Å². The van der Waals surface area contributed by atoms with E-state index in [1.54, 1.807) is 0 Å². The fourth-order valence-corrected chi connectivity index (χ4v) is 3.48. The van der Waals surface area contributed by atoms with Crippen LogP contribution >= 0.6 is 0 Å². The first-order valence-corrected chi connectivity index (χ1v) is 6.84. The van der Waals surface area contributed by atoms with E-state index in [1.165, 1.54) is 0 Å². The Morgan fingerprint density at radius 1 is 1.28 bits per heavy atom. The van der Waals surface area contributed by atoms with Crippen molar-refractivity contribution in [2.75, 3.05) is 13.1 Å². The van der Waals surface area contributed by atoms with Gasteiger partial charge in [-0.05, 0) is 38.5 Å². The average Bonchev–Trinajstić information content (AvgIpc) is 2.53. The highest BCUT2D eigenvalue weighted by Crippen LogP contribution is 2.39. The second-order valence-corrected chi connectivity index (χ2v) is 5.45. The van der Waals surface area contributed by atoms with Crippen LogP contribution in [0.15, 0.2) is 0 Å². The summed E-state index contributed by atoms with van der Waals surface area (Å²) in [7, 11) is 0. The van der Waals surface area contributed by atoms with E-state index in [4.69, 9.17) is 5.11 Å². The molecular weight excluding hydrogens is 232 g/mol. The number of carbonyl (C=O) groups excluding carboxylic acids is 1. The van der Waals surface area contributed by atoms with Crippen LogP contribution in [0.25, 0.3) is 0 Å². The van der Waals surface area contributed by atoms with Gasteiger partial charge in [0.15, 0.2) is 0 Å². The topological polar surface area (TPSA) is 69.6 Å². The number of carbonyl (C=O) groups is 2. The molecule has 2 N–H and O–H groups in total. The number of carboxylic acids is 1. The van der Waals surface area contributed by atoms with Crippen LogP contribution in [0.1, 0.15) is 39.0 Å². The number of rotatable bonds is 5. The predicted octanol–water partition coefficient (Wildman–Crippen LogP) is 0.840. The number of hydrogen-bond acceptors (Lipinski definition) is 3. The van der Waals surface area contributed by atoms with E-state index in [0.717, 1.165) is 25.7 Å². The molecule has 2 aliphatic rings. The standard InChI is InChI=1S/C13H22N2O3/c1-2-14-12(16)8-15-10-3-4-11(15)6-9(5-10)7-13(17)18/h9-11H,2-8H2,1H3,(H,14,16)(H,17,18). The first kappa shape index (κ1) is 13.3. The molecule has 18 heavy (non-hydrogen) atoms. The molecule has 2 saturated heterocycles. The quantitative estimate of drug-likeness (QED) is 0.763. The van der Waals surface area contributed by atoms with Crippen LogP contribution in [0.2, 0.25) is 0 Å². The Bertz CT molecular complexity index is 318. The minimum atomic E-state index is -0.698. The molecule has 2 rings (SSSR count). The number of carboxylic acid groups (broad SMARTS) is 1. The van der Waals surface area contributed by atoms with Gasteiger partial charge >= 0.3 is 5.97 Å². The zero-order valence-electron chi connectivity index (χ0n) is 10.9. The molecule has 2 aliphatic heterocycles. The molecule has 0 aromatic heterocycles. The number of piperidine rings is 1. The number of hydrogen-bond donors (Lipinski definition) is 2.